The maximum absolute atomic E-state index is 4.52. The van der Waals surface area contributed by atoms with Gasteiger partial charge >= 0.3 is 0 Å². The SMILES string of the molecule is CCc1nn(C)cc1NC1CCC(C(C)(C)CC)CC1. The van der Waals surface area contributed by atoms with Gasteiger partial charge in [-0.05, 0) is 43.4 Å². The number of anilines is 1. The van der Waals surface area contributed by atoms with Crippen LogP contribution in [0.2, 0.25) is 0 Å². The van der Waals surface area contributed by atoms with E-state index in [0.717, 1.165) is 12.3 Å². The van der Waals surface area contributed by atoms with Crippen LogP contribution in [0.1, 0.15) is 65.5 Å². The fourth-order valence-electron chi connectivity index (χ4n) is 3.44. The first-order valence-corrected chi connectivity index (χ1v) is 8.25. The zero-order valence-corrected chi connectivity index (χ0v) is 13.9. The van der Waals surface area contributed by atoms with E-state index in [9.17, 15) is 0 Å². The molecule has 114 valence electrons. The van der Waals surface area contributed by atoms with Crippen molar-refractivity contribution in [2.24, 2.45) is 18.4 Å². The first-order valence-electron chi connectivity index (χ1n) is 8.25. The maximum Gasteiger partial charge on any atom is 0.0853 e. The lowest BCUT2D eigenvalue weighted by Crippen LogP contribution is -2.32. The van der Waals surface area contributed by atoms with Crippen molar-refractivity contribution in [3.05, 3.63) is 11.9 Å². The number of rotatable bonds is 5. The summed E-state index contributed by atoms with van der Waals surface area (Å²) in [4.78, 5) is 0. The molecule has 1 saturated carbocycles. The fourth-order valence-corrected chi connectivity index (χ4v) is 3.44. The van der Waals surface area contributed by atoms with Crippen LogP contribution in [-0.2, 0) is 13.5 Å². The molecule has 0 aliphatic heterocycles. The second-order valence-electron chi connectivity index (χ2n) is 7.05. The van der Waals surface area contributed by atoms with Crippen LogP contribution in [-0.4, -0.2) is 15.8 Å². The van der Waals surface area contributed by atoms with Crippen molar-refractivity contribution in [3.63, 3.8) is 0 Å². The topological polar surface area (TPSA) is 29.9 Å². The van der Waals surface area contributed by atoms with E-state index in [-0.39, 0.29) is 0 Å². The minimum Gasteiger partial charge on any atom is -0.380 e. The lowest BCUT2D eigenvalue weighted by molar-refractivity contribution is 0.147. The summed E-state index contributed by atoms with van der Waals surface area (Å²) in [5, 5.41) is 8.24. The number of hydrogen-bond acceptors (Lipinski definition) is 2. The third kappa shape index (κ3) is 3.36. The summed E-state index contributed by atoms with van der Waals surface area (Å²) >= 11 is 0. The Morgan fingerprint density at radius 1 is 1.25 bits per heavy atom. The summed E-state index contributed by atoms with van der Waals surface area (Å²) in [5.41, 5.74) is 2.95. The normalized spacial score (nSPS) is 23.9. The largest absolute Gasteiger partial charge is 0.380 e. The number of nitrogens with zero attached hydrogens (tertiary/aromatic N) is 2. The average molecular weight is 277 g/mol. The van der Waals surface area contributed by atoms with Crippen LogP contribution in [0.4, 0.5) is 5.69 Å². The third-order valence-electron chi connectivity index (χ3n) is 5.34. The van der Waals surface area contributed by atoms with Gasteiger partial charge in [0.1, 0.15) is 0 Å². The van der Waals surface area contributed by atoms with Gasteiger partial charge in [0.05, 0.1) is 11.4 Å². The third-order valence-corrected chi connectivity index (χ3v) is 5.34. The Morgan fingerprint density at radius 2 is 1.90 bits per heavy atom. The Hall–Kier alpha value is -0.990. The number of aryl methyl sites for hydroxylation is 2. The Kier molecular flexibility index (Phi) is 4.77. The highest BCUT2D eigenvalue weighted by molar-refractivity contribution is 5.47. The highest BCUT2D eigenvalue weighted by Gasteiger charge is 2.31. The fraction of sp³-hybridized carbons (Fsp3) is 0.824. The van der Waals surface area contributed by atoms with E-state index in [1.165, 1.54) is 43.5 Å². The van der Waals surface area contributed by atoms with Crippen LogP contribution in [0.25, 0.3) is 0 Å². The Labute approximate surface area is 124 Å². The molecule has 2 rings (SSSR count). The molecule has 0 bridgehead atoms. The maximum atomic E-state index is 4.52. The summed E-state index contributed by atoms with van der Waals surface area (Å²) in [7, 11) is 2.00. The van der Waals surface area contributed by atoms with Gasteiger partial charge in [-0.2, -0.15) is 5.10 Å². The van der Waals surface area contributed by atoms with Gasteiger partial charge in [-0.15, -0.1) is 0 Å². The Balaban J connectivity index is 1.91. The van der Waals surface area contributed by atoms with Crippen LogP contribution in [0.5, 0.6) is 0 Å². The number of nitrogens with one attached hydrogen (secondary N) is 1. The molecule has 1 aromatic rings. The molecule has 0 unspecified atom stereocenters. The molecule has 1 fully saturated rings. The van der Waals surface area contributed by atoms with Crippen molar-refractivity contribution in [1.82, 2.24) is 9.78 Å². The van der Waals surface area contributed by atoms with Gasteiger partial charge in [-0.25, -0.2) is 0 Å². The van der Waals surface area contributed by atoms with Crippen LogP contribution < -0.4 is 5.32 Å². The monoisotopic (exact) mass is 277 g/mol. The van der Waals surface area contributed by atoms with Crippen molar-refractivity contribution in [2.45, 2.75) is 72.3 Å². The van der Waals surface area contributed by atoms with Gasteiger partial charge in [0.15, 0.2) is 0 Å². The standard InChI is InChI=1S/C17H31N3/c1-6-15-16(12-20(5)19-15)18-14-10-8-13(9-11-14)17(3,4)7-2/h12-14,18H,6-11H2,1-5H3. The number of hydrogen-bond donors (Lipinski definition) is 1. The quantitative estimate of drug-likeness (QED) is 0.865. The van der Waals surface area contributed by atoms with E-state index >= 15 is 0 Å². The van der Waals surface area contributed by atoms with E-state index in [1.807, 2.05) is 11.7 Å². The van der Waals surface area contributed by atoms with Crippen LogP contribution in [0, 0.1) is 11.3 Å². The molecule has 1 heterocycles. The molecule has 1 aliphatic carbocycles. The summed E-state index contributed by atoms with van der Waals surface area (Å²) in [6.45, 7) is 9.37. The van der Waals surface area contributed by atoms with Gasteiger partial charge in [0, 0.05) is 19.3 Å². The van der Waals surface area contributed by atoms with E-state index in [0.29, 0.717) is 11.5 Å². The van der Waals surface area contributed by atoms with Crippen LogP contribution in [0.15, 0.2) is 6.20 Å². The van der Waals surface area contributed by atoms with Gasteiger partial charge in [-0.3, -0.25) is 4.68 Å². The average Bonchev–Trinajstić information content (AvgIpc) is 2.79. The molecule has 0 aromatic carbocycles. The highest BCUT2D eigenvalue weighted by atomic mass is 15.3. The lowest BCUT2D eigenvalue weighted by Gasteiger charge is -2.39. The molecule has 0 radical (unpaired) electrons. The van der Waals surface area contributed by atoms with E-state index in [4.69, 9.17) is 0 Å². The molecule has 0 atom stereocenters. The minimum atomic E-state index is 0.508. The Bertz CT molecular complexity index is 425. The van der Waals surface area contributed by atoms with E-state index in [2.05, 4.69) is 44.3 Å². The Morgan fingerprint density at radius 3 is 2.45 bits per heavy atom. The molecule has 0 spiro atoms. The summed E-state index contributed by atoms with van der Waals surface area (Å²) in [5.74, 6) is 0.894. The lowest BCUT2D eigenvalue weighted by atomic mass is 9.69. The zero-order valence-electron chi connectivity index (χ0n) is 13.9. The smallest absolute Gasteiger partial charge is 0.0853 e. The van der Waals surface area contributed by atoms with Gasteiger partial charge < -0.3 is 5.32 Å². The highest BCUT2D eigenvalue weighted by Crippen LogP contribution is 2.41. The summed E-state index contributed by atoms with van der Waals surface area (Å²) in [6, 6.07) is 0.633. The minimum absolute atomic E-state index is 0.508. The van der Waals surface area contributed by atoms with Crippen molar-refractivity contribution in [3.8, 4) is 0 Å². The molecule has 20 heavy (non-hydrogen) atoms. The predicted octanol–water partition coefficient (Wildman–Crippen LogP) is 4.39. The van der Waals surface area contributed by atoms with Crippen molar-refractivity contribution >= 4 is 5.69 Å². The molecule has 3 heteroatoms. The van der Waals surface area contributed by atoms with E-state index in [1.54, 1.807) is 0 Å². The molecular weight excluding hydrogens is 246 g/mol. The second-order valence-corrected chi connectivity index (χ2v) is 7.05. The molecule has 1 N–H and O–H groups in total. The van der Waals surface area contributed by atoms with E-state index < -0.39 is 0 Å². The van der Waals surface area contributed by atoms with Crippen molar-refractivity contribution < 1.29 is 0 Å². The van der Waals surface area contributed by atoms with Gasteiger partial charge in [-0.1, -0.05) is 34.1 Å². The second kappa shape index (κ2) is 6.19. The molecule has 3 nitrogen and oxygen atoms in total. The summed E-state index contributed by atoms with van der Waals surface area (Å²) in [6.07, 6.45) is 9.74. The predicted molar refractivity (Wildman–Crippen MR) is 86.0 cm³/mol. The van der Waals surface area contributed by atoms with Crippen LogP contribution >= 0.6 is 0 Å². The zero-order chi connectivity index (χ0) is 14.8. The first kappa shape index (κ1) is 15.4. The van der Waals surface area contributed by atoms with Crippen molar-refractivity contribution in [2.75, 3.05) is 5.32 Å². The summed E-state index contributed by atoms with van der Waals surface area (Å²) < 4.78 is 1.92. The molecule has 0 amide bonds. The first-order chi connectivity index (χ1) is 9.46. The number of aromatic nitrogens is 2. The van der Waals surface area contributed by atoms with Gasteiger partial charge in [0.2, 0.25) is 0 Å². The van der Waals surface area contributed by atoms with Gasteiger partial charge in [0.25, 0.3) is 0 Å². The molecule has 1 aliphatic rings. The van der Waals surface area contributed by atoms with Crippen LogP contribution in [0.3, 0.4) is 0 Å². The molecule has 1 aromatic heterocycles. The van der Waals surface area contributed by atoms with Crippen molar-refractivity contribution in [1.29, 1.82) is 0 Å². The molecule has 0 saturated heterocycles. The molecular formula is C17H31N3.